The Balaban J connectivity index is 1.40. The third-order valence-electron chi connectivity index (χ3n) is 5.50. The standard InChI is InChI=1S/C27H21ClF3N3O4/c1-2-38-21-12-10-18(11-13-21)32-22(35)14-16-6-8-19(9-7-16)33-24-23(28)25(36)34(26(24)37)20-5-3-4-17(15-20)27(29,30)31/h3-13,15,33H,2,14H2,1H3,(H,32,35). The van der Waals surface area contributed by atoms with Gasteiger partial charge >= 0.3 is 6.18 Å². The third kappa shape index (κ3) is 5.97. The molecule has 2 N–H and O–H groups in total. The molecule has 3 aromatic carbocycles. The van der Waals surface area contributed by atoms with Crippen LogP contribution < -0.4 is 20.3 Å². The van der Waals surface area contributed by atoms with E-state index in [-0.39, 0.29) is 23.7 Å². The van der Waals surface area contributed by atoms with Crippen LogP contribution in [0.15, 0.2) is 83.5 Å². The number of amides is 3. The molecule has 0 aliphatic carbocycles. The number of alkyl halides is 3. The lowest BCUT2D eigenvalue weighted by Crippen LogP contribution is -2.32. The van der Waals surface area contributed by atoms with Crippen molar-refractivity contribution in [3.8, 4) is 5.75 Å². The highest BCUT2D eigenvalue weighted by atomic mass is 35.5. The fraction of sp³-hybridized carbons (Fsp3) is 0.148. The number of halogens is 4. The lowest BCUT2D eigenvalue weighted by atomic mass is 10.1. The van der Waals surface area contributed by atoms with Gasteiger partial charge in [-0.25, -0.2) is 4.90 Å². The molecule has 1 aliphatic rings. The van der Waals surface area contributed by atoms with Crippen molar-refractivity contribution in [2.24, 2.45) is 0 Å². The van der Waals surface area contributed by atoms with Gasteiger partial charge in [-0.05, 0) is 67.1 Å². The number of nitrogens with zero attached hydrogens (tertiary/aromatic N) is 1. The number of rotatable bonds is 8. The fourth-order valence-electron chi connectivity index (χ4n) is 3.71. The van der Waals surface area contributed by atoms with E-state index in [9.17, 15) is 27.6 Å². The Morgan fingerprint density at radius 1 is 0.947 bits per heavy atom. The van der Waals surface area contributed by atoms with E-state index >= 15 is 0 Å². The molecule has 0 radical (unpaired) electrons. The first-order chi connectivity index (χ1) is 18.1. The van der Waals surface area contributed by atoms with E-state index in [1.165, 1.54) is 6.07 Å². The number of nitrogens with one attached hydrogen (secondary N) is 2. The number of carbonyl (C=O) groups is 3. The van der Waals surface area contributed by atoms with Crippen LogP contribution in [0.25, 0.3) is 0 Å². The quantitative estimate of drug-likeness (QED) is 0.355. The highest BCUT2D eigenvalue weighted by Crippen LogP contribution is 2.35. The first kappa shape index (κ1) is 26.7. The monoisotopic (exact) mass is 543 g/mol. The first-order valence-electron chi connectivity index (χ1n) is 11.4. The number of anilines is 3. The summed E-state index contributed by atoms with van der Waals surface area (Å²) in [6.07, 6.45) is -4.56. The molecular formula is C27H21ClF3N3O4. The second-order valence-electron chi connectivity index (χ2n) is 8.19. The van der Waals surface area contributed by atoms with Gasteiger partial charge in [0.05, 0.1) is 24.3 Å². The molecule has 196 valence electrons. The molecule has 0 saturated carbocycles. The summed E-state index contributed by atoms with van der Waals surface area (Å²) in [5.41, 5.74) is 0.163. The van der Waals surface area contributed by atoms with E-state index in [2.05, 4.69) is 10.6 Å². The second kappa shape index (κ2) is 11.0. The van der Waals surface area contributed by atoms with Crippen molar-refractivity contribution in [2.45, 2.75) is 19.5 Å². The van der Waals surface area contributed by atoms with Crippen LogP contribution in [-0.2, 0) is 27.0 Å². The van der Waals surface area contributed by atoms with E-state index in [0.717, 1.165) is 12.1 Å². The van der Waals surface area contributed by atoms with Gasteiger partial charge in [0, 0.05) is 11.4 Å². The maximum Gasteiger partial charge on any atom is 0.416 e. The summed E-state index contributed by atoms with van der Waals surface area (Å²) in [6, 6.07) is 17.3. The Kier molecular flexibility index (Phi) is 7.72. The number of benzene rings is 3. The first-order valence-corrected chi connectivity index (χ1v) is 11.8. The van der Waals surface area contributed by atoms with E-state index in [1.54, 1.807) is 48.5 Å². The highest BCUT2D eigenvalue weighted by molar-refractivity contribution is 6.53. The van der Waals surface area contributed by atoms with Gasteiger partial charge in [-0.15, -0.1) is 0 Å². The van der Waals surface area contributed by atoms with Crippen LogP contribution in [0.2, 0.25) is 0 Å². The van der Waals surface area contributed by atoms with Crippen LogP contribution in [0, 0.1) is 0 Å². The average molecular weight is 544 g/mol. The lowest BCUT2D eigenvalue weighted by molar-refractivity contribution is -0.137. The highest BCUT2D eigenvalue weighted by Gasteiger charge is 2.40. The molecule has 0 bridgehead atoms. The second-order valence-corrected chi connectivity index (χ2v) is 8.57. The summed E-state index contributed by atoms with van der Waals surface area (Å²) in [5, 5.41) is 5.09. The fourth-order valence-corrected chi connectivity index (χ4v) is 3.92. The summed E-state index contributed by atoms with van der Waals surface area (Å²) >= 11 is 6.07. The normalized spacial score (nSPS) is 13.7. The molecule has 0 saturated heterocycles. The van der Waals surface area contributed by atoms with Gasteiger partial charge in [0.15, 0.2) is 0 Å². The topological polar surface area (TPSA) is 87.7 Å². The molecule has 3 aromatic rings. The van der Waals surface area contributed by atoms with Crippen molar-refractivity contribution < 1.29 is 32.3 Å². The molecule has 38 heavy (non-hydrogen) atoms. The number of hydrogen-bond acceptors (Lipinski definition) is 5. The van der Waals surface area contributed by atoms with Crippen LogP contribution in [0.3, 0.4) is 0 Å². The van der Waals surface area contributed by atoms with Gasteiger partial charge in [0.2, 0.25) is 5.91 Å². The van der Waals surface area contributed by atoms with Gasteiger partial charge in [0.25, 0.3) is 11.8 Å². The van der Waals surface area contributed by atoms with Crippen molar-refractivity contribution in [3.05, 3.63) is 94.7 Å². The zero-order valence-corrected chi connectivity index (χ0v) is 20.7. The molecule has 3 amide bonds. The smallest absolute Gasteiger partial charge is 0.416 e. The average Bonchev–Trinajstić information content (AvgIpc) is 3.09. The Morgan fingerprint density at radius 2 is 1.61 bits per heavy atom. The van der Waals surface area contributed by atoms with Crippen molar-refractivity contribution >= 4 is 46.4 Å². The molecule has 0 spiro atoms. The zero-order chi connectivity index (χ0) is 27.4. The van der Waals surface area contributed by atoms with Gasteiger partial charge in [0.1, 0.15) is 16.5 Å². The minimum absolute atomic E-state index is 0.0810. The number of imide groups is 1. The van der Waals surface area contributed by atoms with E-state index in [4.69, 9.17) is 16.3 Å². The van der Waals surface area contributed by atoms with Gasteiger partial charge in [-0.1, -0.05) is 29.8 Å². The summed E-state index contributed by atoms with van der Waals surface area (Å²) in [4.78, 5) is 38.5. The predicted molar refractivity (Wildman–Crippen MR) is 137 cm³/mol. The van der Waals surface area contributed by atoms with E-state index in [0.29, 0.717) is 40.3 Å². The van der Waals surface area contributed by atoms with Crippen LogP contribution >= 0.6 is 11.6 Å². The summed E-state index contributed by atoms with van der Waals surface area (Å²) < 4.78 is 44.6. The SMILES string of the molecule is CCOc1ccc(NC(=O)Cc2ccc(NC3=C(Cl)C(=O)N(c4cccc(C(F)(F)F)c4)C3=O)cc2)cc1. The largest absolute Gasteiger partial charge is 0.494 e. The van der Waals surface area contributed by atoms with Crippen LogP contribution in [0.4, 0.5) is 30.2 Å². The molecule has 0 fully saturated rings. The molecular weight excluding hydrogens is 523 g/mol. The van der Waals surface area contributed by atoms with Crippen molar-refractivity contribution in [1.29, 1.82) is 0 Å². The molecule has 0 aromatic heterocycles. The van der Waals surface area contributed by atoms with Crippen molar-refractivity contribution in [2.75, 3.05) is 22.1 Å². The molecule has 7 nitrogen and oxygen atoms in total. The molecule has 11 heteroatoms. The predicted octanol–water partition coefficient (Wildman–Crippen LogP) is 5.72. The third-order valence-corrected chi connectivity index (χ3v) is 5.85. The molecule has 4 rings (SSSR count). The van der Waals surface area contributed by atoms with Gasteiger partial charge < -0.3 is 15.4 Å². The summed E-state index contributed by atoms with van der Waals surface area (Å²) in [5.74, 6) is -1.38. The van der Waals surface area contributed by atoms with Gasteiger partial charge in [-0.3, -0.25) is 14.4 Å². The van der Waals surface area contributed by atoms with E-state index in [1.807, 2.05) is 6.92 Å². The Morgan fingerprint density at radius 3 is 2.24 bits per heavy atom. The number of hydrogen-bond donors (Lipinski definition) is 2. The molecule has 0 atom stereocenters. The summed E-state index contributed by atoms with van der Waals surface area (Å²) in [6.45, 7) is 2.42. The van der Waals surface area contributed by atoms with Crippen molar-refractivity contribution in [3.63, 3.8) is 0 Å². The Labute approximate surface area is 220 Å². The zero-order valence-electron chi connectivity index (χ0n) is 19.9. The summed E-state index contributed by atoms with van der Waals surface area (Å²) in [7, 11) is 0. The molecule has 0 unspecified atom stereocenters. The Bertz CT molecular complexity index is 1400. The maximum atomic E-state index is 13.1. The number of ether oxygens (including phenoxy) is 1. The van der Waals surface area contributed by atoms with Crippen LogP contribution in [0.1, 0.15) is 18.1 Å². The minimum Gasteiger partial charge on any atom is -0.494 e. The minimum atomic E-state index is -4.65. The maximum absolute atomic E-state index is 13.1. The van der Waals surface area contributed by atoms with Gasteiger partial charge in [-0.2, -0.15) is 13.2 Å². The molecule has 1 heterocycles. The van der Waals surface area contributed by atoms with Crippen LogP contribution in [0.5, 0.6) is 5.75 Å². The number of carbonyl (C=O) groups excluding carboxylic acids is 3. The lowest BCUT2D eigenvalue weighted by Gasteiger charge is -2.17. The van der Waals surface area contributed by atoms with E-state index < -0.39 is 28.6 Å². The van der Waals surface area contributed by atoms with Crippen molar-refractivity contribution in [1.82, 2.24) is 0 Å². The molecule has 1 aliphatic heterocycles. The Hall–Kier alpha value is -4.31. The van der Waals surface area contributed by atoms with Crippen LogP contribution in [-0.4, -0.2) is 24.3 Å².